The maximum Gasteiger partial charge on any atom is 0.426 e. The maximum atomic E-state index is 12.4. The lowest BCUT2D eigenvalue weighted by atomic mass is 10.1. The van der Waals surface area contributed by atoms with Gasteiger partial charge in [0.15, 0.2) is 0 Å². The van der Waals surface area contributed by atoms with E-state index in [0.717, 1.165) is 14.2 Å². The first kappa shape index (κ1) is 38.3. The number of nitrogens with one attached hydrogen (secondary N) is 2. The van der Waals surface area contributed by atoms with Gasteiger partial charge in [-0.3, -0.25) is 10.2 Å². The van der Waals surface area contributed by atoms with Crippen LogP contribution in [0.3, 0.4) is 0 Å². The van der Waals surface area contributed by atoms with E-state index in [1.54, 1.807) is 31.2 Å². The topological polar surface area (TPSA) is 166 Å². The molecule has 248 valence electrons. The molecule has 0 fully saturated rings. The number of hydrogen-bond donors (Lipinski definition) is 2. The summed E-state index contributed by atoms with van der Waals surface area (Å²) in [5.74, 6) is -3.15. The van der Waals surface area contributed by atoms with Gasteiger partial charge in [0.2, 0.25) is 11.7 Å². The SMILES string of the molecule is CCC(C)(C)OOC(C)(CCC(=O)NNC(=O)OCCOc1ccc(C=C(C(=O)OC)C(=O)OC)cc1)OOC(C)(C)CC. The van der Waals surface area contributed by atoms with Crippen molar-refractivity contribution < 1.29 is 57.7 Å². The number of esters is 2. The third kappa shape index (κ3) is 14.6. The zero-order chi connectivity index (χ0) is 33.4. The summed E-state index contributed by atoms with van der Waals surface area (Å²) in [5.41, 5.74) is 3.50. The molecule has 1 aromatic rings. The number of ether oxygens (including phenoxy) is 4. The fraction of sp³-hybridized carbons (Fsp3) is 0.600. The second kappa shape index (κ2) is 18.2. The fourth-order valence-corrected chi connectivity index (χ4v) is 2.72. The molecule has 14 nitrogen and oxygen atoms in total. The third-order valence-electron chi connectivity index (χ3n) is 6.29. The van der Waals surface area contributed by atoms with E-state index < -0.39 is 40.9 Å². The van der Waals surface area contributed by atoms with Crippen molar-refractivity contribution >= 4 is 30.0 Å². The lowest BCUT2D eigenvalue weighted by Crippen LogP contribution is -2.44. The highest BCUT2D eigenvalue weighted by molar-refractivity contribution is 6.17. The highest BCUT2D eigenvalue weighted by Crippen LogP contribution is 2.27. The van der Waals surface area contributed by atoms with Gasteiger partial charge in [0.05, 0.1) is 25.4 Å². The highest BCUT2D eigenvalue weighted by atomic mass is 17.3. The Morgan fingerprint density at radius 2 is 1.27 bits per heavy atom. The van der Waals surface area contributed by atoms with Crippen LogP contribution in [-0.2, 0) is 48.1 Å². The summed E-state index contributed by atoms with van der Waals surface area (Å²) >= 11 is 0. The number of carbonyl (C=O) groups is 4. The van der Waals surface area contributed by atoms with Crippen molar-refractivity contribution in [2.45, 2.75) is 91.1 Å². The monoisotopic (exact) mass is 626 g/mol. The molecule has 0 aliphatic rings. The van der Waals surface area contributed by atoms with Crippen LogP contribution >= 0.6 is 0 Å². The Hall–Kier alpha value is -3.72. The fourth-order valence-electron chi connectivity index (χ4n) is 2.72. The molecule has 0 aromatic heterocycles. The number of methoxy groups -OCH3 is 2. The summed E-state index contributed by atoms with van der Waals surface area (Å²) in [4.78, 5) is 70.1. The third-order valence-corrected chi connectivity index (χ3v) is 6.29. The molecular formula is C30H46N2O12. The molecule has 0 unspecified atom stereocenters. The molecule has 2 N–H and O–H groups in total. The number of hydrogen-bond acceptors (Lipinski definition) is 12. The maximum absolute atomic E-state index is 12.4. The van der Waals surface area contributed by atoms with Crippen molar-refractivity contribution in [2.24, 2.45) is 0 Å². The summed E-state index contributed by atoms with van der Waals surface area (Å²) in [6.07, 6.45) is 1.72. The Labute approximate surface area is 258 Å². The summed E-state index contributed by atoms with van der Waals surface area (Å²) < 4.78 is 19.7. The van der Waals surface area contributed by atoms with Crippen LogP contribution in [0.15, 0.2) is 29.8 Å². The minimum absolute atomic E-state index is 0.0153. The molecule has 0 atom stereocenters. The van der Waals surface area contributed by atoms with Crippen molar-refractivity contribution in [3.63, 3.8) is 0 Å². The Bertz CT molecular complexity index is 1080. The van der Waals surface area contributed by atoms with Gasteiger partial charge in [-0.1, -0.05) is 26.0 Å². The van der Waals surface area contributed by atoms with E-state index >= 15 is 0 Å². The summed E-state index contributed by atoms with van der Waals surface area (Å²) in [5, 5.41) is 0. The molecule has 0 heterocycles. The van der Waals surface area contributed by atoms with Gasteiger partial charge in [0.1, 0.15) is 24.5 Å². The van der Waals surface area contributed by atoms with Gasteiger partial charge < -0.3 is 18.9 Å². The Morgan fingerprint density at radius 3 is 1.75 bits per heavy atom. The van der Waals surface area contributed by atoms with E-state index in [2.05, 4.69) is 20.3 Å². The minimum Gasteiger partial charge on any atom is -0.490 e. The second-order valence-corrected chi connectivity index (χ2v) is 11.0. The van der Waals surface area contributed by atoms with Crippen molar-refractivity contribution in [1.82, 2.24) is 10.9 Å². The van der Waals surface area contributed by atoms with Gasteiger partial charge in [0.25, 0.3) is 0 Å². The predicted octanol–water partition coefficient (Wildman–Crippen LogP) is 4.32. The Morgan fingerprint density at radius 1 is 0.750 bits per heavy atom. The van der Waals surface area contributed by atoms with Gasteiger partial charge in [-0.2, -0.15) is 9.78 Å². The standard InChI is InChI=1S/C30H46N2O12/c1-10-28(3,4)41-43-30(7,44-42-29(5,6)11-2)17-16-24(33)31-32-27(36)40-19-18-39-22-14-12-21(13-15-22)20-23(25(34)37-8)26(35)38-9/h12-15,20H,10-11,16-19H2,1-9H3,(H,31,33)(H,32,36). The molecule has 1 rings (SSSR count). The first-order valence-electron chi connectivity index (χ1n) is 14.2. The summed E-state index contributed by atoms with van der Waals surface area (Å²) in [6.45, 7) is 12.8. The number of hydrazine groups is 1. The predicted molar refractivity (Wildman–Crippen MR) is 157 cm³/mol. The first-order chi connectivity index (χ1) is 20.6. The molecule has 14 heteroatoms. The number of amides is 2. The largest absolute Gasteiger partial charge is 0.490 e. The number of benzene rings is 1. The van der Waals surface area contributed by atoms with E-state index in [-0.39, 0.29) is 31.6 Å². The molecule has 0 spiro atoms. The summed E-state index contributed by atoms with van der Waals surface area (Å²) in [6, 6.07) is 6.42. The van der Waals surface area contributed by atoms with Gasteiger partial charge in [0, 0.05) is 12.8 Å². The van der Waals surface area contributed by atoms with Crippen molar-refractivity contribution in [3.8, 4) is 5.75 Å². The zero-order valence-corrected chi connectivity index (χ0v) is 27.0. The molecule has 44 heavy (non-hydrogen) atoms. The van der Waals surface area contributed by atoms with Crippen LogP contribution in [0, 0.1) is 0 Å². The average Bonchev–Trinajstić information content (AvgIpc) is 3.01. The molecular weight excluding hydrogens is 580 g/mol. The Kier molecular flexibility index (Phi) is 15.8. The highest BCUT2D eigenvalue weighted by Gasteiger charge is 2.35. The van der Waals surface area contributed by atoms with Crippen LogP contribution in [0.5, 0.6) is 5.75 Å². The molecule has 0 bridgehead atoms. The minimum atomic E-state index is -1.41. The molecule has 0 aliphatic carbocycles. The van der Waals surface area contributed by atoms with Crippen molar-refractivity contribution in [3.05, 3.63) is 35.4 Å². The van der Waals surface area contributed by atoms with E-state index in [1.165, 1.54) is 6.08 Å². The molecule has 0 radical (unpaired) electrons. The molecule has 0 aliphatic heterocycles. The summed E-state index contributed by atoms with van der Waals surface area (Å²) in [7, 11) is 2.32. The second-order valence-electron chi connectivity index (χ2n) is 11.0. The van der Waals surface area contributed by atoms with E-state index in [1.807, 2.05) is 41.5 Å². The molecule has 1 aromatic carbocycles. The molecule has 2 amide bonds. The van der Waals surface area contributed by atoms with Crippen molar-refractivity contribution in [2.75, 3.05) is 27.4 Å². The smallest absolute Gasteiger partial charge is 0.426 e. The van der Waals surface area contributed by atoms with Crippen LogP contribution < -0.4 is 15.6 Å². The van der Waals surface area contributed by atoms with Gasteiger partial charge in [-0.05, 0) is 71.2 Å². The molecule has 0 saturated carbocycles. The van der Waals surface area contributed by atoms with Crippen molar-refractivity contribution in [1.29, 1.82) is 0 Å². The van der Waals surface area contributed by atoms with Gasteiger partial charge in [-0.15, -0.1) is 0 Å². The lowest BCUT2D eigenvalue weighted by molar-refractivity contribution is -0.539. The number of rotatable bonds is 18. The van der Waals surface area contributed by atoms with Gasteiger partial charge >= 0.3 is 18.0 Å². The van der Waals surface area contributed by atoms with E-state index in [9.17, 15) is 19.2 Å². The lowest BCUT2D eigenvalue weighted by Gasteiger charge is -2.34. The average molecular weight is 627 g/mol. The zero-order valence-electron chi connectivity index (χ0n) is 27.0. The molecule has 0 saturated heterocycles. The van der Waals surface area contributed by atoms with Crippen LogP contribution in [0.1, 0.15) is 79.7 Å². The van der Waals surface area contributed by atoms with Crippen LogP contribution in [0.2, 0.25) is 0 Å². The first-order valence-corrected chi connectivity index (χ1v) is 14.2. The number of carbonyl (C=O) groups excluding carboxylic acids is 4. The van der Waals surface area contributed by atoms with Crippen LogP contribution in [-0.4, -0.2) is 68.4 Å². The van der Waals surface area contributed by atoms with Gasteiger partial charge in [-0.25, -0.2) is 29.6 Å². The van der Waals surface area contributed by atoms with Crippen LogP contribution in [0.25, 0.3) is 6.08 Å². The van der Waals surface area contributed by atoms with Crippen LogP contribution in [0.4, 0.5) is 4.79 Å². The quantitative estimate of drug-likeness (QED) is 0.0273. The normalized spacial score (nSPS) is 11.7. The van der Waals surface area contributed by atoms with E-state index in [0.29, 0.717) is 24.2 Å². The van der Waals surface area contributed by atoms with E-state index in [4.69, 9.17) is 29.0 Å². The Balaban J connectivity index is 2.51.